The fourth-order valence-electron chi connectivity index (χ4n) is 2.00. The Morgan fingerprint density at radius 3 is 2.40 bits per heavy atom. The van der Waals surface area contributed by atoms with E-state index in [0.29, 0.717) is 6.42 Å². The number of aliphatic carboxylic acids is 1. The number of carbonyl (C=O) groups is 2. The van der Waals surface area contributed by atoms with Crippen LogP contribution in [-0.4, -0.2) is 23.0 Å². The number of carboxylic acids is 1. The van der Waals surface area contributed by atoms with Gasteiger partial charge in [-0.2, -0.15) is 0 Å². The zero-order valence-corrected chi connectivity index (χ0v) is 12.2. The van der Waals surface area contributed by atoms with Crippen molar-refractivity contribution in [3.05, 3.63) is 34.6 Å². The zero-order valence-electron chi connectivity index (χ0n) is 12.2. The SMILES string of the molecule is CCc1cc(C(=O)N[C@@H](C(=O)O)C(C)C)c(F)cc1C. The number of benzene rings is 1. The molecule has 0 aliphatic heterocycles. The van der Waals surface area contributed by atoms with Crippen molar-refractivity contribution in [3.8, 4) is 0 Å². The summed E-state index contributed by atoms with van der Waals surface area (Å²) in [5.41, 5.74) is 1.53. The molecule has 1 aromatic rings. The molecule has 20 heavy (non-hydrogen) atoms. The minimum Gasteiger partial charge on any atom is -0.480 e. The van der Waals surface area contributed by atoms with Crippen LogP contribution in [0.1, 0.15) is 42.3 Å². The summed E-state index contributed by atoms with van der Waals surface area (Å²) in [5, 5.41) is 11.4. The van der Waals surface area contributed by atoms with E-state index in [1.165, 1.54) is 12.1 Å². The maximum atomic E-state index is 13.9. The van der Waals surface area contributed by atoms with E-state index in [4.69, 9.17) is 5.11 Å². The largest absolute Gasteiger partial charge is 0.480 e. The number of amides is 1. The normalized spacial score (nSPS) is 12.3. The van der Waals surface area contributed by atoms with Crippen LogP contribution in [0, 0.1) is 18.7 Å². The predicted molar refractivity (Wildman–Crippen MR) is 74.2 cm³/mol. The van der Waals surface area contributed by atoms with E-state index in [2.05, 4.69) is 5.32 Å². The van der Waals surface area contributed by atoms with Gasteiger partial charge in [0.15, 0.2) is 0 Å². The Hall–Kier alpha value is -1.91. The number of rotatable bonds is 5. The topological polar surface area (TPSA) is 66.4 Å². The number of carboxylic acid groups (broad SMARTS) is 1. The van der Waals surface area contributed by atoms with Crippen molar-refractivity contribution < 1.29 is 19.1 Å². The van der Waals surface area contributed by atoms with Crippen LogP contribution < -0.4 is 5.32 Å². The van der Waals surface area contributed by atoms with Gasteiger partial charge in [0, 0.05) is 0 Å². The summed E-state index contributed by atoms with van der Waals surface area (Å²) in [4.78, 5) is 23.1. The lowest BCUT2D eigenvalue weighted by Crippen LogP contribution is -2.44. The first-order chi connectivity index (χ1) is 9.27. The molecule has 4 nitrogen and oxygen atoms in total. The van der Waals surface area contributed by atoms with Gasteiger partial charge in [-0.1, -0.05) is 20.8 Å². The third-order valence-corrected chi connectivity index (χ3v) is 3.27. The van der Waals surface area contributed by atoms with Crippen molar-refractivity contribution in [3.63, 3.8) is 0 Å². The zero-order chi connectivity index (χ0) is 15.4. The fourth-order valence-corrected chi connectivity index (χ4v) is 2.00. The van der Waals surface area contributed by atoms with Crippen LogP contribution in [0.4, 0.5) is 4.39 Å². The van der Waals surface area contributed by atoms with E-state index in [9.17, 15) is 14.0 Å². The predicted octanol–water partition coefficient (Wildman–Crippen LogP) is 2.54. The van der Waals surface area contributed by atoms with Gasteiger partial charge in [-0.15, -0.1) is 0 Å². The van der Waals surface area contributed by atoms with Crippen LogP contribution >= 0.6 is 0 Å². The van der Waals surface area contributed by atoms with E-state index in [1.807, 2.05) is 6.92 Å². The summed E-state index contributed by atoms with van der Waals surface area (Å²) in [6.45, 7) is 7.05. The molecule has 0 radical (unpaired) electrons. The lowest BCUT2D eigenvalue weighted by Gasteiger charge is -2.18. The van der Waals surface area contributed by atoms with E-state index in [-0.39, 0.29) is 11.5 Å². The number of halogens is 1. The van der Waals surface area contributed by atoms with Crippen molar-refractivity contribution >= 4 is 11.9 Å². The second kappa shape index (κ2) is 6.50. The highest BCUT2D eigenvalue weighted by Gasteiger charge is 2.25. The monoisotopic (exact) mass is 281 g/mol. The summed E-state index contributed by atoms with van der Waals surface area (Å²) in [6, 6.07) is 1.76. The first-order valence-electron chi connectivity index (χ1n) is 6.60. The van der Waals surface area contributed by atoms with E-state index in [0.717, 1.165) is 11.1 Å². The number of carbonyl (C=O) groups excluding carboxylic acids is 1. The van der Waals surface area contributed by atoms with Gasteiger partial charge in [0.05, 0.1) is 5.56 Å². The first kappa shape index (κ1) is 16.1. The van der Waals surface area contributed by atoms with Crippen LogP contribution in [0.5, 0.6) is 0 Å². The third-order valence-electron chi connectivity index (χ3n) is 3.27. The molecule has 0 aliphatic carbocycles. The molecule has 2 N–H and O–H groups in total. The highest BCUT2D eigenvalue weighted by atomic mass is 19.1. The lowest BCUT2D eigenvalue weighted by atomic mass is 10.0. The molecule has 1 atom stereocenters. The maximum Gasteiger partial charge on any atom is 0.326 e. The minimum absolute atomic E-state index is 0.112. The Morgan fingerprint density at radius 2 is 1.95 bits per heavy atom. The van der Waals surface area contributed by atoms with Crippen LogP contribution in [0.3, 0.4) is 0 Å². The summed E-state index contributed by atoms with van der Waals surface area (Å²) in [5.74, 6) is -2.74. The average molecular weight is 281 g/mol. The molecule has 0 saturated carbocycles. The summed E-state index contributed by atoms with van der Waals surface area (Å²) in [6.07, 6.45) is 0.679. The van der Waals surface area contributed by atoms with Gasteiger partial charge in [0.1, 0.15) is 11.9 Å². The van der Waals surface area contributed by atoms with E-state index >= 15 is 0 Å². The average Bonchev–Trinajstić information content (AvgIpc) is 2.35. The molecule has 5 heteroatoms. The highest BCUT2D eigenvalue weighted by molar-refractivity contribution is 5.97. The molecule has 110 valence electrons. The molecule has 1 amide bonds. The first-order valence-corrected chi connectivity index (χ1v) is 6.60. The number of hydrogen-bond acceptors (Lipinski definition) is 2. The molecule has 0 spiro atoms. The van der Waals surface area contributed by atoms with Crippen molar-refractivity contribution in [1.29, 1.82) is 0 Å². The van der Waals surface area contributed by atoms with Gasteiger partial charge in [-0.3, -0.25) is 4.79 Å². The summed E-state index contributed by atoms with van der Waals surface area (Å²) < 4.78 is 13.9. The second-order valence-electron chi connectivity index (χ2n) is 5.15. The number of nitrogens with one attached hydrogen (secondary N) is 1. The third kappa shape index (κ3) is 3.56. The van der Waals surface area contributed by atoms with Crippen LogP contribution in [0.15, 0.2) is 12.1 Å². The van der Waals surface area contributed by atoms with Crippen molar-refractivity contribution in [2.24, 2.45) is 5.92 Å². The smallest absolute Gasteiger partial charge is 0.326 e. The Bertz CT molecular complexity index is 526. The van der Waals surface area contributed by atoms with Crippen LogP contribution in [-0.2, 0) is 11.2 Å². The number of aryl methyl sites for hydroxylation is 2. The molecule has 0 bridgehead atoms. The number of hydrogen-bond donors (Lipinski definition) is 2. The molecule has 0 heterocycles. The van der Waals surface area contributed by atoms with Gasteiger partial charge in [0.2, 0.25) is 0 Å². The second-order valence-corrected chi connectivity index (χ2v) is 5.15. The van der Waals surface area contributed by atoms with Crippen molar-refractivity contribution in [2.45, 2.75) is 40.2 Å². The highest BCUT2D eigenvalue weighted by Crippen LogP contribution is 2.17. The van der Waals surface area contributed by atoms with Gasteiger partial charge >= 0.3 is 5.97 Å². The fraction of sp³-hybridized carbons (Fsp3) is 0.467. The minimum atomic E-state index is -1.13. The molecular formula is C15H20FNO3. The molecule has 0 unspecified atom stereocenters. The lowest BCUT2D eigenvalue weighted by molar-refractivity contribution is -0.140. The van der Waals surface area contributed by atoms with Crippen LogP contribution in [0.25, 0.3) is 0 Å². The Labute approximate surface area is 118 Å². The molecule has 0 aromatic heterocycles. The van der Waals surface area contributed by atoms with E-state index < -0.39 is 23.7 Å². The molecule has 1 rings (SSSR count). The molecule has 0 saturated heterocycles. The van der Waals surface area contributed by atoms with Crippen molar-refractivity contribution in [2.75, 3.05) is 0 Å². The summed E-state index contributed by atoms with van der Waals surface area (Å²) in [7, 11) is 0. The quantitative estimate of drug-likeness (QED) is 0.871. The maximum absolute atomic E-state index is 13.9. The van der Waals surface area contributed by atoms with Gasteiger partial charge < -0.3 is 10.4 Å². The summed E-state index contributed by atoms with van der Waals surface area (Å²) >= 11 is 0. The Balaban J connectivity index is 3.06. The van der Waals surface area contributed by atoms with E-state index in [1.54, 1.807) is 20.8 Å². The van der Waals surface area contributed by atoms with Gasteiger partial charge in [-0.05, 0) is 42.5 Å². The molecule has 0 fully saturated rings. The van der Waals surface area contributed by atoms with Gasteiger partial charge in [-0.25, -0.2) is 9.18 Å². The molecular weight excluding hydrogens is 261 g/mol. The van der Waals surface area contributed by atoms with Gasteiger partial charge in [0.25, 0.3) is 5.91 Å². The Kier molecular flexibility index (Phi) is 5.25. The standard InChI is InChI=1S/C15H20FNO3/c1-5-10-7-11(12(16)6-9(10)4)14(18)17-13(8(2)3)15(19)20/h6-8,13H,5H2,1-4H3,(H,17,18)(H,19,20)/t13-/m1/s1. The van der Waals surface area contributed by atoms with Crippen LogP contribution in [0.2, 0.25) is 0 Å². The van der Waals surface area contributed by atoms with Crippen molar-refractivity contribution in [1.82, 2.24) is 5.32 Å². The molecule has 0 aliphatic rings. The molecule has 1 aromatic carbocycles. The Morgan fingerprint density at radius 1 is 1.35 bits per heavy atom.